The van der Waals surface area contributed by atoms with Gasteiger partial charge in [0.2, 0.25) is 5.91 Å². The molecular weight excluding hydrogens is 256 g/mol. The second kappa shape index (κ2) is 7.96. The third-order valence-electron chi connectivity index (χ3n) is 4.20. The Morgan fingerprint density at radius 1 is 1.45 bits per heavy atom. The first-order chi connectivity index (χ1) is 9.71. The molecule has 2 heterocycles. The standard InChI is InChI=1S/C15H28N2O3/c1-15(7-2-3-9-17-15)14(18)16-8-5-10-19-12-13-6-4-11-20-13/h13,17H,2-12H2,1H3,(H,16,18). The third-order valence-corrected chi connectivity index (χ3v) is 4.20. The molecule has 0 saturated carbocycles. The van der Waals surface area contributed by atoms with Crippen LogP contribution in [-0.2, 0) is 14.3 Å². The van der Waals surface area contributed by atoms with E-state index in [1.54, 1.807) is 0 Å². The van der Waals surface area contributed by atoms with Crippen molar-refractivity contribution >= 4 is 5.91 Å². The van der Waals surface area contributed by atoms with E-state index in [0.29, 0.717) is 19.8 Å². The molecule has 116 valence electrons. The quantitative estimate of drug-likeness (QED) is 0.690. The Hall–Kier alpha value is -0.650. The molecule has 2 unspecified atom stereocenters. The topological polar surface area (TPSA) is 59.6 Å². The molecule has 0 aliphatic carbocycles. The van der Waals surface area contributed by atoms with E-state index in [4.69, 9.17) is 9.47 Å². The van der Waals surface area contributed by atoms with Gasteiger partial charge in [-0.2, -0.15) is 0 Å². The van der Waals surface area contributed by atoms with Crippen LogP contribution in [0.25, 0.3) is 0 Å². The minimum absolute atomic E-state index is 0.122. The minimum atomic E-state index is -0.378. The Morgan fingerprint density at radius 3 is 3.05 bits per heavy atom. The summed E-state index contributed by atoms with van der Waals surface area (Å²) in [6, 6.07) is 0. The molecule has 5 nitrogen and oxygen atoms in total. The van der Waals surface area contributed by atoms with Crippen molar-refractivity contribution < 1.29 is 14.3 Å². The van der Waals surface area contributed by atoms with Crippen LogP contribution in [0.1, 0.15) is 45.4 Å². The van der Waals surface area contributed by atoms with Crippen LogP contribution in [0.15, 0.2) is 0 Å². The molecule has 0 bridgehead atoms. The maximum Gasteiger partial charge on any atom is 0.240 e. The summed E-state index contributed by atoms with van der Waals surface area (Å²) in [5.74, 6) is 0.122. The van der Waals surface area contributed by atoms with Crippen LogP contribution in [0.5, 0.6) is 0 Å². The minimum Gasteiger partial charge on any atom is -0.379 e. The second-order valence-electron chi connectivity index (χ2n) is 6.04. The van der Waals surface area contributed by atoms with Gasteiger partial charge in [0.15, 0.2) is 0 Å². The number of nitrogens with one attached hydrogen (secondary N) is 2. The van der Waals surface area contributed by atoms with E-state index < -0.39 is 0 Å². The molecule has 0 spiro atoms. The summed E-state index contributed by atoms with van der Waals surface area (Å²) in [5, 5.41) is 6.33. The van der Waals surface area contributed by atoms with Gasteiger partial charge in [-0.05, 0) is 52.0 Å². The largest absolute Gasteiger partial charge is 0.379 e. The van der Waals surface area contributed by atoms with Crippen molar-refractivity contribution in [2.45, 2.75) is 57.1 Å². The molecule has 2 aliphatic heterocycles. The number of carbonyl (C=O) groups is 1. The molecule has 0 aromatic rings. The van der Waals surface area contributed by atoms with Gasteiger partial charge in [0.25, 0.3) is 0 Å². The zero-order valence-electron chi connectivity index (χ0n) is 12.6. The lowest BCUT2D eigenvalue weighted by atomic mass is 9.90. The molecule has 0 aromatic heterocycles. The normalized spacial score (nSPS) is 30.4. The van der Waals surface area contributed by atoms with Crippen LogP contribution in [0.3, 0.4) is 0 Å². The molecule has 1 amide bonds. The van der Waals surface area contributed by atoms with Gasteiger partial charge < -0.3 is 20.1 Å². The number of rotatable bonds is 7. The fourth-order valence-corrected chi connectivity index (χ4v) is 2.81. The van der Waals surface area contributed by atoms with Gasteiger partial charge in [-0.25, -0.2) is 0 Å². The Kier molecular flexibility index (Phi) is 6.26. The monoisotopic (exact) mass is 284 g/mol. The number of hydrogen-bond donors (Lipinski definition) is 2. The van der Waals surface area contributed by atoms with Crippen molar-refractivity contribution in [2.75, 3.05) is 32.9 Å². The molecule has 2 saturated heterocycles. The molecule has 0 radical (unpaired) electrons. The summed E-state index contributed by atoms with van der Waals surface area (Å²) < 4.78 is 11.1. The van der Waals surface area contributed by atoms with E-state index in [9.17, 15) is 4.79 Å². The second-order valence-corrected chi connectivity index (χ2v) is 6.04. The molecule has 5 heteroatoms. The average molecular weight is 284 g/mol. The SMILES string of the molecule is CC1(C(=O)NCCCOCC2CCCO2)CCCCN1. The summed E-state index contributed by atoms with van der Waals surface area (Å²) in [5.41, 5.74) is -0.378. The molecule has 2 aliphatic rings. The van der Waals surface area contributed by atoms with E-state index in [2.05, 4.69) is 10.6 Å². The van der Waals surface area contributed by atoms with E-state index in [-0.39, 0.29) is 17.6 Å². The van der Waals surface area contributed by atoms with Gasteiger partial charge in [-0.3, -0.25) is 4.79 Å². The first-order valence-corrected chi connectivity index (χ1v) is 7.93. The maximum absolute atomic E-state index is 12.1. The summed E-state index contributed by atoms with van der Waals surface area (Å²) in [6.07, 6.45) is 6.62. The fraction of sp³-hybridized carbons (Fsp3) is 0.933. The van der Waals surface area contributed by atoms with Crippen LogP contribution in [0, 0.1) is 0 Å². The Labute approximate surface area is 121 Å². The molecule has 2 atom stereocenters. The lowest BCUT2D eigenvalue weighted by molar-refractivity contribution is -0.128. The van der Waals surface area contributed by atoms with Crippen molar-refractivity contribution in [3.63, 3.8) is 0 Å². The van der Waals surface area contributed by atoms with Crippen LogP contribution < -0.4 is 10.6 Å². The Morgan fingerprint density at radius 2 is 2.35 bits per heavy atom. The number of amides is 1. The van der Waals surface area contributed by atoms with Crippen LogP contribution in [0.2, 0.25) is 0 Å². The van der Waals surface area contributed by atoms with Gasteiger partial charge in [-0.1, -0.05) is 0 Å². The summed E-state index contributed by atoms with van der Waals surface area (Å²) >= 11 is 0. The highest BCUT2D eigenvalue weighted by Crippen LogP contribution is 2.18. The van der Waals surface area contributed by atoms with E-state index in [1.165, 1.54) is 6.42 Å². The van der Waals surface area contributed by atoms with Crippen LogP contribution in [0.4, 0.5) is 0 Å². The Bertz CT molecular complexity index is 297. The van der Waals surface area contributed by atoms with Crippen molar-refractivity contribution in [1.82, 2.24) is 10.6 Å². The maximum atomic E-state index is 12.1. The predicted octanol–water partition coefficient (Wildman–Crippen LogP) is 1.22. The zero-order chi connectivity index (χ0) is 14.3. The lowest BCUT2D eigenvalue weighted by Gasteiger charge is -2.33. The number of hydrogen-bond acceptors (Lipinski definition) is 4. The van der Waals surface area contributed by atoms with Crippen LogP contribution >= 0.6 is 0 Å². The molecule has 2 N–H and O–H groups in total. The molecule has 20 heavy (non-hydrogen) atoms. The summed E-state index contributed by atoms with van der Waals surface area (Å²) in [4.78, 5) is 12.1. The van der Waals surface area contributed by atoms with Crippen molar-refractivity contribution in [3.05, 3.63) is 0 Å². The molecular formula is C15H28N2O3. The van der Waals surface area contributed by atoms with Gasteiger partial charge in [0.1, 0.15) is 0 Å². The van der Waals surface area contributed by atoms with Gasteiger partial charge in [0.05, 0.1) is 18.2 Å². The highest BCUT2D eigenvalue weighted by Gasteiger charge is 2.33. The number of ether oxygens (including phenoxy) is 2. The lowest BCUT2D eigenvalue weighted by Crippen LogP contribution is -2.57. The first kappa shape index (κ1) is 15.7. The molecule has 2 fully saturated rings. The van der Waals surface area contributed by atoms with Gasteiger partial charge in [0, 0.05) is 19.8 Å². The van der Waals surface area contributed by atoms with Gasteiger partial charge in [-0.15, -0.1) is 0 Å². The van der Waals surface area contributed by atoms with Crippen LogP contribution in [-0.4, -0.2) is 50.5 Å². The van der Waals surface area contributed by atoms with E-state index in [0.717, 1.165) is 45.3 Å². The molecule has 0 aromatic carbocycles. The van der Waals surface area contributed by atoms with Crippen molar-refractivity contribution in [1.29, 1.82) is 0 Å². The highest BCUT2D eigenvalue weighted by atomic mass is 16.5. The average Bonchev–Trinajstić information content (AvgIpc) is 2.96. The molecule has 2 rings (SSSR count). The van der Waals surface area contributed by atoms with E-state index >= 15 is 0 Å². The predicted molar refractivity (Wildman–Crippen MR) is 77.7 cm³/mol. The highest BCUT2D eigenvalue weighted by molar-refractivity contribution is 5.85. The van der Waals surface area contributed by atoms with Gasteiger partial charge >= 0.3 is 0 Å². The number of piperidine rings is 1. The number of carbonyl (C=O) groups excluding carboxylic acids is 1. The first-order valence-electron chi connectivity index (χ1n) is 7.93. The zero-order valence-corrected chi connectivity index (χ0v) is 12.6. The third kappa shape index (κ3) is 4.72. The summed E-state index contributed by atoms with van der Waals surface area (Å²) in [6.45, 7) is 5.86. The smallest absolute Gasteiger partial charge is 0.240 e. The van der Waals surface area contributed by atoms with Crippen molar-refractivity contribution in [3.8, 4) is 0 Å². The van der Waals surface area contributed by atoms with E-state index in [1.807, 2.05) is 6.92 Å². The fourth-order valence-electron chi connectivity index (χ4n) is 2.81. The Balaban J connectivity index is 1.50. The van der Waals surface area contributed by atoms with Crippen molar-refractivity contribution in [2.24, 2.45) is 0 Å². The summed E-state index contributed by atoms with van der Waals surface area (Å²) in [7, 11) is 0.